The van der Waals surface area contributed by atoms with Gasteiger partial charge in [0.05, 0.1) is 5.69 Å². The summed E-state index contributed by atoms with van der Waals surface area (Å²) in [5, 5.41) is 7.58. The highest BCUT2D eigenvalue weighted by molar-refractivity contribution is 9.10. The van der Waals surface area contributed by atoms with Gasteiger partial charge in [-0.15, -0.1) is 5.10 Å². The normalized spacial score (nSPS) is 10.6. The quantitative estimate of drug-likeness (QED) is 0.826. The summed E-state index contributed by atoms with van der Waals surface area (Å²) in [6, 6.07) is 0. The van der Waals surface area contributed by atoms with Crippen LogP contribution in [-0.2, 0) is 6.42 Å². The highest BCUT2D eigenvalue weighted by atomic mass is 79.9. The van der Waals surface area contributed by atoms with Crippen molar-refractivity contribution in [1.82, 2.24) is 19.7 Å². The Labute approximate surface area is 86.5 Å². The van der Waals surface area contributed by atoms with Crippen molar-refractivity contribution in [2.24, 2.45) is 0 Å². The SMILES string of the molecule is CCc1nnsc1-c1nc(Br)no1. The maximum atomic E-state index is 4.97. The van der Waals surface area contributed by atoms with Crippen molar-refractivity contribution in [1.29, 1.82) is 0 Å². The summed E-state index contributed by atoms with van der Waals surface area (Å²) in [7, 11) is 0. The molecule has 0 saturated carbocycles. The van der Waals surface area contributed by atoms with Gasteiger partial charge >= 0.3 is 0 Å². The zero-order chi connectivity index (χ0) is 9.26. The van der Waals surface area contributed by atoms with E-state index < -0.39 is 0 Å². The van der Waals surface area contributed by atoms with Crippen molar-refractivity contribution < 1.29 is 4.52 Å². The molecule has 0 radical (unpaired) electrons. The molecular formula is C6H5BrN4OS. The Balaban J connectivity index is 2.45. The van der Waals surface area contributed by atoms with Crippen LogP contribution in [0, 0.1) is 0 Å². The Kier molecular flexibility index (Phi) is 2.36. The molecular weight excluding hydrogens is 256 g/mol. The Hall–Kier alpha value is -0.820. The van der Waals surface area contributed by atoms with Crippen LogP contribution < -0.4 is 0 Å². The average Bonchev–Trinajstić information content (AvgIpc) is 2.71. The molecule has 0 aliphatic heterocycles. The first-order valence-electron chi connectivity index (χ1n) is 3.62. The van der Waals surface area contributed by atoms with Gasteiger partial charge in [-0.3, -0.25) is 0 Å². The van der Waals surface area contributed by atoms with Gasteiger partial charge in [0.2, 0.25) is 4.73 Å². The lowest BCUT2D eigenvalue weighted by atomic mass is 10.3. The first-order chi connectivity index (χ1) is 6.31. The van der Waals surface area contributed by atoms with Gasteiger partial charge in [0.15, 0.2) is 0 Å². The third kappa shape index (κ3) is 1.61. The molecule has 2 rings (SSSR count). The Bertz CT molecular complexity index is 412. The lowest BCUT2D eigenvalue weighted by Gasteiger charge is -1.88. The molecule has 0 saturated heterocycles. The van der Waals surface area contributed by atoms with Crippen LogP contribution in [0.15, 0.2) is 9.26 Å². The van der Waals surface area contributed by atoms with Crippen LogP contribution >= 0.6 is 27.5 Å². The van der Waals surface area contributed by atoms with Crippen molar-refractivity contribution in [2.75, 3.05) is 0 Å². The second-order valence-corrected chi connectivity index (χ2v) is 3.73. The van der Waals surface area contributed by atoms with E-state index in [1.54, 1.807) is 0 Å². The third-order valence-corrected chi connectivity index (χ3v) is 2.56. The van der Waals surface area contributed by atoms with Crippen molar-refractivity contribution in [3.63, 3.8) is 0 Å². The smallest absolute Gasteiger partial charge is 0.272 e. The zero-order valence-electron chi connectivity index (χ0n) is 6.69. The van der Waals surface area contributed by atoms with Crippen molar-refractivity contribution in [3.05, 3.63) is 10.4 Å². The van der Waals surface area contributed by atoms with Crippen molar-refractivity contribution in [2.45, 2.75) is 13.3 Å². The van der Waals surface area contributed by atoms with E-state index in [2.05, 4.69) is 35.7 Å². The number of halogens is 1. The molecule has 0 amide bonds. The fourth-order valence-electron chi connectivity index (χ4n) is 0.900. The van der Waals surface area contributed by atoms with Crippen LogP contribution in [0.2, 0.25) is 0 Å². The molecule has 7 heteroatoms. The summed E-state index contributed by atoms with van der Waals surface area (Å²) in [6.07, 6.45) is 0.811. The number of rotatable bonds is 2. The second-order valence-electron chi connectivity index (χ2n) is 2.27. The first-order valence-corrected chi connectivity index (χ1v) is 5.18. The summed E-state index contributed by atoms with van der Waals surface area (Å²) in [6.45, 7) is 2.01. The molecule has 0 fully saturated rings. The number of hydrogen-bond acceptors (Lipinski definition) is 6. The Morgan fingerprint density at radius 1 is 1.54 bits per heavy atom. The topological polar surface area (TPSA) is 64.7 Å². The summed E-state index contributed by atoms with van der Waals surface area (Å²) < 4.78 is 9.24. The molecule has 2 heterocycles. The van der Waals surface area contributed by atoms with E-state index in [0.29, 0.717) is 10.6 Å². The second kappa shape index (κ2) is 3.51. The molecule has 0 aliphatic carbocycles. The van der Waals surface area contributed by atoms with Gasteiger partial charge in [0.25, 0.3) is 5.89 Å². The Morgan fingerprint density at radius 2 is 2.38 bits per heavy atom. The van der Waals surface area contributed by atoms with Crippen molar-refractivity contribution >= 4 is 27.5 Å². The number of hydrogen-bond donors (Lipinski definition) is 0. The minimum Gasteiger partial charge on any atom is -0.332 e. The molecule has 0 aromatic carbocycles. The average molecular weight is 261 g/mol. The van der Waals surface area contributed by atoms with Crippen LogP contribution in [-0.4, -0.2) is 19.7 Å². The summed E-state index contributed by atoms with van der Waals surface area (Å²) in [5.74, 6) is 0.471. The fraction of sp³-hybridized carbons (Fsp3) is 0.333. The Morgan fingerprint density at radius 3 is 3.00 bits per heavy atom. The number of aryl methyl sites for hydroxylation is 1. The highest BCUT2D eigenvalue weighted by Gasteiger charge is 2.14. The molecule has 0 aliphatic rings. The van der Waals surface area contributed by atoms with Gasteiger partial charge < -0.3 is 4.52 Å². The van der Waals surface area contributed by atoms with E-state index in [4.69, 9.17) is 4.52 Å². The lowest BCUT2D eigenvalue weighted by molar-refractivity contribution is 0.427. The van der Waals surface area contributed by atoms with E-state index in [1.165, 1.54) is 11.5 Å². The standard InChI is InChI=1S/C6H5BrN4OS/c1-2-3-4(13-11-9-3)5-8-6(7)10-12-5/h2H2,1H3. The van der Waals surface area contributed by atoms with Gasteiger partial charge in [0.1, 0.15) is 4.88 Å². The molecule has 68 valence electrons. The number of nitrogens with zero attached hydrogens (tertiary/aromatic N) is 4. The van der Waals surface area contributed by atoms with Crippen LogP contribution in [0.4, 0.5) is 0 Å². The van der Waals surface area contributed by atoms with Crippen LogP contribution in [0.25, 0.3) is 10.8 Å². The molecule has 5 nitrogen and oxygen atoms in total. The fourth-order valence-corrected chi connectivity index (χ4v) is 1.81. The highest BCUT2D eigenvalue weighted by Crippen LogP contribution is 2.25. The summed E-state index contributed by atoms with van der Waals surface area (Å²) >= 11 is 4.37. The van der Waals surface area contributed by atoms with Gasteiger partial charge in [-0.05, 0) is 39.0 Å². The first kappa shape index (κ1) is 8.76. The summed E-state index contributed by atoms with van der Waals surface area (Å²) in [4.78, 5) is 4.88. The van der Waals surface area contributed by atoms with E-state index in [1.807, 2.05) is 6.92 Å². The van der Waals surface area contributed by atoms with E-state index in [-0.39, 0.29) is 0 Å². The largest absolute Gasteiger partial charge is 0.332 e. The van der Waals surface area contributed by atoms with Crippen molar-refractivity contribution in [3.8, 4) is 10.8 Å². The molecule has 13 heavy (non-hydrogen) atoms. The minimum atomic E-state index is 0.443. The van der Waals surface area contributed by atoms with Gasteiger partial charge in [-0.2, -0.15) is 4.98 Å². The van der Waals surface area contributed by atoms with Crippen LogP contribution in [0.1, 0.15) is 12.6 Å². The van der Waals surface area contributed by atoms with Gasteiger partial charge in [0, 0.05) is 0 Å². The molecule has 0 unspecified atom stereocenters. The minimum absolute atomic E-state index is 0.443. The van der Waals surface area contributed by atoms with E-state index >= 15 is 0 Å². The van der Waals surface area contributed by atoms with E-state index in [9.17, 15) is 0 Å². The van der Waals surface area contributed by atoms with Gasteiger partial charge in [-0.1, -0.05) is 11.4 Å². The lowest BCUT2D eigenvalue weighted by Crippen LogP contribution is -1.83. The third-order valence-electron chi connectivity index (χ3n) is 1.49. The zero-order valence-corrected chi connectivity index (χ0v) is 9.09. The monoisotopic (exact) mass is 260 g/mol. The predicted molar refractivity (Wildman–Crippen MR) is 50.3 cm³/mol. The molecule has 2 aromatic rings. The molecule has 2 aromatic heterocycles. The number of aromatic nitrogens is 4. The predicted octanol–water partition coefficient (Wildman–Crippen LogP) is 1.91. The van der Waals surface area contributed by atoms with Gasteiger partial charge in [-0.25, -0.2) is 0 Å². The maximum absolute atomic E-state index is 4.97. The van der Waals surface area contributed by atoms with E-state index in [0.717, 1.165) is 17.0 Å². The maximum Gasteiger partial charge on any atom is 0.272 e. The molecule has 0 spiro atoms. The van der Waals surface area contributed by atoms with Crippen LogP contribution in [0.5, 0.6) is 0 Å². The molecule has 0 N–H and O–H groups in total. The molecule has 0 bridgehead atoms. The molecule has 0 atom stereocenters. The van der Waals surface area contributed by atoms with Crippen LogP contribution in [0.3, 0.4) is 0 Å². The summed E-state index contributed by atoms with van der Waals surface area (Å²) in [5.41, 5.74) is 0.890.